The van der Waals surface area contributed by atoms with Gasteiger partial charge in [-0.2, -0.15) is 5.10 Å². The van der Waals surface area contributed by atoms with E-state index in [4.69, 9.17) is 4.74 Å². The van der Waals surface area contributed by atoms with Crippen molar-refractivity contribution in [3.63, 3.8) is 0 Å². The fourth-order valence-corrected chi connectivity index (χ4v) is 4.11. The van der Waals surface area contributed by atoms with Gasteiger partial charge < -0.3 is 9.72 Å². The van der Waals surface area contributed by atoms with Crippen molar-refractivity contribution in [1.29, 1.82) is 0 Å². The van der Waals surface area contributed by atoms with Gasteiger partial charge in [0, 0.05) is 28.0 Å². The maximum absolute atomic E-state index is 13.4. The number of aromatic nitrogens is 5. The molecule has 0 aliphatic carbocycles. The number of nitrogens with one attached hydrogen (secondary N) is 2. The minimum absolute atomic E-state index is 0.251. The predicted molar refractivity (Wildman–Crippen MR) is 126 cm³/mol. The first-order valence-electron chi connectivity index (χ1n) is 10.4. The van der Waals surface area contributed by atoms with Crippen molar-refractivity contribution in [2.75, 3.05) is 7.11 Å². The van der Waals surface area contributed by atoms with E-state index in [1.807, 2.05) is 30.3 Å². The van der Waals surface area contributed by atoms with E-state index in [0.717, 1.165) is 55.6 Å². The summed E-state index contributed by atoms with van der Waals surface area (Å²) in [7, 11) is 1.61. The third kappa shape index (κ3) is 3.30. The van der Waals surface area contributed by atoms with Gasteiger partial charge in [-0.3, -0.25) is 15.1 Å². The SMILES string of the molecule is COc1cncc(-c2cc3c(-c4cc5c(-c6ccc(F)cc6)cccc5[nH]4)n[nH]c3cn2)c1. The largest absolute Gasteiger partial charge is 0.495 e. The van der Waals surface area contributed by atoms with Crippen molar-refractivity contribution in [3.05, 3.63) is 85.1 Å². The summed E-state index contributed by atoms with van der Waals surface area (Å²) in [5, 5.41) is 9.61. The first-order chi connectivity index (χ1) is 16.2. The summed E-state index contributed by atoms with van der Waals surface area (Å²) in [4.78, 5) is 12.3. The van der Waals surface area contributed by atoms with Crippen LogP contribution in [0.2, 0.25) is 0 Å². The van der Waals surface area contributed by atoms with Crippen LogP contribution >= 0.6 is 0 Å². The lowest BCUT2D eigenvalue weighted by atomic mass is 10.0. The van der Waals surface area contributed by atoms with Crippen LogP contribution in [0.25, 0.3) is 55.6 Å². The van der Waals surface area contributed by atoms with E-state index < -0.39 is 0 Å². The molecule has 0 aliphatic heterocycles. The molecule has 6 rings (SSSR count). The van der Waals surface area contributed by atoms with Crippen molar-refractivity contribution < 1.29 is 9.13 Å². The molecule has 0 fully saturated rings. The first-order valence-corrected chi connectivity index (χ1v) is 10.4. The van der Waals surface area contributed by atoms with Crippen LogP contribution in [0.5, 0.6) is 5.75 Å². The van der Waals surface area contributed by atoms with Gasteiger partial charge in [0.05, 0.1) is 36.4 Å². The number of rotatable bonds is 4. The van der Waals surface area contributed by atoms with Crippen molar-refractivity contribution in [2.24, 2.45) is 0 Å². The normalized spacial score (nSPS) is 11.3. The number of ether oxygens (including phenoxy) is 1. The maximum atomic E-state index is 13.4. The summed E-state index contributed by atoms with van der Waals surface area (Å²) in [6, 6.07) is 18.6. The van der Waals surface area contributed by atoms with E-state index in [2.05, 4.69) is 31.2 Å². The number of nitrogens with zero attached hydrogens (tertiary/aromatic N) is 3. The number of pyridine rings is 2. The Morgan fingerprint density at radius 2 is 1.73 bits per heavy atom. The molecule has 4 aromatic heterocycles. The van der Waals surface area contributed by atoms with Gasteiger partial charge in [-0.25, -0.2) is 4.39 Å². The fraction of sp³-hybridized carbons (Fsp3) is 0.0385. The molecule has 6 nitrogen and oxygen atoms in total. The number of benzene rings is 2. The Morgan fingerprint density at radius 1 is 0.848 bits per heavy atom. The molecular formula is C26H18FN5O. The second kappa shape index (κ2) is 7.56. The predicted octanol–water partition coefficient (Wildman–Crippen LogP) is 5.98. The van der Waals surface area contributed by atoms with Gasteiger partial charge in [0.15, 0.2) is 0 Å². The summed E-state index contributed by atoms with van der Waals surface area (Å²) in [5.74, 6) is 0.421. The lowest BCUT2D eigenvalue weighted by Gasteiger charge is -2.04. The Hall–Kier alpha value is -4.52. The number of methoxy groups -OCH3 is 1. The van der Waals surface area contributed by atoms with Crippen molar-refractivity contribution in [3.8, 4) is 39.5 Å². The number of H-pyrrole nitrogens is 2. The van der Waals surface area contributed by atoms with E-state index in [-0.39, 0.29) is 5.82 Å². The molecule has 0 radical (unpaired) electrons. The molecule has 6 aromatic rings. The summed E-state index contributed by atoms with van der Waals surface area (Å²) < 4.78 is 18.7. The number of hydrogen-bond donors (Lipinski definition) is 2. The number of halogens is 1. The molecule has 4 heterocycles. The zero-order valence-electron chi connectivity index (χ0n) is 17.6. The van der Waals surface area contributed by atoms with Crippen LogP contribution in [0.1, 0.15) is 0 Å². The summed E-state index contributed by atoms with van der Waals surface area (Å²) in [6.45, 7) is 0. The third-order valence-corrected chi connectivity index (χ3v) is 5.77. The molecule has 2 N–H and O–H groups in total. The molecule has 0 spiro atoms. The second-order valence-electron chi connectivity index (χ2n) is 7.76. The third-order valence-electron chi connectivity index (χ3n) is 5.77. The molecule has 0 saturated heterocycles. The highest BCUT2D eigenvalue weighted by molar-refractivity contribution is 6.01. The van der Waals surface area contributed by atoms with Crippen LogP contribution in [-0.2, 0) is 0 Å². The van der Waals surface area contributed by atoms with Gasteiger partial charge in [-0.15, -0.1) is 0 Å². The highest BCUT2D eigenvalue weighted by atomic mass is 19.1. The van der Waals surface area contributed by atoms with Crippen LogP contribution in [0.4, 0.5) is 4.39 Å². The Labute approximate surface area is 188 Å². The van der Waals surface area contributed by atoms with E-state index in [1.165, 1.54) is 12.1 Å². The van der Waals surface area contributed by atoms with Gasteiger partial charge in [0.25, 0.3) is 0 Å². The lowest BCUT2D eigenvalue weighted by Crippen LogP contribution is -1.88. The first kappa shape index (κ1) is 19.2. The van der Waals surface area contributed by atoms with E-state index in [9.17, 15) is 4.39 Å². The number of fused-ring (bicyclic) bond motifs is 2. The number of hydrogen-bond acceptors (Lipinski definition) is 4. The zero-order chi connectivity index (χ0) is 22.4. The fourth-order valence-electron chi connectivity index (χ4n) is 4.11. The quantitative estimate of drug-likeness (QED) is 0.357. The molecule has 7 heteroatoms. The minimum Gasteiger partial charge on any atom is -0.495 e. The molecule has 0 atom stereocenters. The van der Waals surface area contributed by atoms with E-state index in [0.29, 0.717) is 5.75 Å². The Bertz CT molecular complexity index is 1620. The average Bonchev–Trinajstić information content (AvgIpc) is 3.48. The Morgan fingerprint density at radius 3 is 2.58 bits per heavy atom. The molecule has 0 amide bonds. The molecule has 0 bridgehead atoms. The van der Waals surface area contributed by atoms with Crippen LogP contribution in [0, 0.1) is 5.82 Å². The van der Waals surface area contributed by atoms with Crippen LogP contribution < -0.4 is 4.74 Å². The summed E-state index contributed by atoms with van der Waals surface area (Å²) >= 11 is 0. The van der Waals surface area contributed by atoms with Crippen LogP contribution in [-0.4, -0.2) is 32.3 Å². The van der Waals surface area contributed by atoms with E-state index in [1.54, 1.807) is 37.8 Å². The highest BCUT2D eigenvalue weighted by Crippen LogP contribution is 2.35. The van der Waals surface area contributed by atoms with E-state index >= 15 is 0 Å². The highest BCUT2D eigenvalue weighted by Gasteiger charge is 2.15. The zero-order valence-corrected chi connectivity index (χ0v) is 17.6. The number of aromatic amines is 2. The summed E-state index contributed by atoms with van der Waals surface area (Å²) in [5.41, 5.74) is 7.11. The molecule has 2 aromatic carbocycles. The van der Waals surface area contributed by atoms with Gasteiger partial charge in [-0.05, 0) is 47.5 Å². The Balaban J connectivity index is 1.48. The minimum atomic E-state index is -0.251. The van der Waals surface area contributed by atoms with Crippen LogP contribution in [0.15, 0.2) is 79.3 Å². The smallest absolute Gasteiger partial charge is 0.137 e. The molecule has 0 aliphatic rings. The van der Waals surface area contributed by atoms with Crippen molar-refractivity contribution >= 4 is 21.8 Å². The molecular weight excluding hydrogens is 417 g/mol. The molecule has 33 heavy (non-hydrogen) atoms. The van der Waals surface area contributed by atoms with Gasteiger partial charge in [0.1, 0.15) is 17.3 Å². The topological polar surface area (TPSA) is 79.5 Å². The van der Waals surface area contributed by atoms with Crippen LogP contribution in [0.3, 0.4) is 0 Å². The molecule has 0 saturated carbocycles. The maximum Gasteiger partial charge on any atom is 0.137 e. The lowest BCUT2D eigenvalue weighted by molar-refractivity contribution is 0.413. The van der Waals surface area contributed by atoms with Gasteiger partial charge in [0.2, 0.25) is 0 Å². The molecule has 0 unspecified atom stereocenters. The monoisotopic (exact) mass is 435 g/mol. The van der Waals surface area contributed by atoms with Gasteiger partial charge in [-0.1, -0.05) is 24.3 Å². The summed E-state index contributed by atoms with van der Waals surface area (Å²) in [6.07, 6.45) is 5.19. The Kier molecular flexibility index (Phi) is 4.40. The second-order valence-corrected chi connectivity index (χ2v) is 7.76. The van der Waals surface area contributed by atoms with Crippen molar-refractivity contribution in [2.45, 2.75) is 0 Å². The van der Waals surface area contributed by atoms with Crippen molar-refractivity contribution in [1.82, 2.24) is 25.1 Å². The average molecular weight is 435 g/mol. The standard InChI is InChI=1S/C26H18FN5O/c1-33-18-9-16(12-28-13-18)23-11-21-25(14-29-23)31-32-26(21)24-10-20-19(3-2-4-22(20)30-24)15-5-7-17(27)8-6-15/h2-14,30H,1H3,(H,31,32). The van der Waals surface area contributed by atoms with Gasteiger partial charge >= 0.3 is 0 Å². The molecule has 160 valence electrons.